The second kappa shape index (κ2) is 6.59. The van der Waals surface area contributed by atoms with E-state index in [4.69, 9.17) is 0 Å². The van der Waals surface area contributed by atoms with E-state index in [1.807, 2.05) is 27.7 Å². The number of hydrogen-bond donors (Lipinski definition) is 1. The van der Waals surface area contributed by atoms with E-state index in [1.165, 1.54) is 38.5 Å². The third-order valence-corrected chi connectivity index (χ3v) is 9.84. The zero-order chi connectivity index (χ0) is 19.6. The third-order valence-electron chi connectivity index (χ3n) is 8.10. The number of rotatable bonds is 5. The van der Waals surface area contributed by atoms with Crippen molar-refractivity contribution in [3.05, 3.63) is 28.3 Å². The molecule has 0 aromatic heterocycles. The predicted molar refractivity (Wildman–Crippen MR) is 110 cm³/mol. The Morgan fingerprint density at radius 3 is 1.81 bits per heavy atom. The molecular weight excluding hydrogens is 354 g/mol. The molecule has 1 unspecified atom stereocenters. The van der Waals surface area contributed by atoms with Crippen LogP contribution in [-0.2, 0) is 10.0 Å². The fourth-order valence-corrected chi connectivity index (χ4v) is 9.11. The Kier molecular flexibility index (Phi) is 4.74. The van der Waals surface area contributed by atoms with Crippen molar-refractivity contribution in [2.75, 3.05) is 0 Å². The average Bonchev–Trinajstić information content (AvgIpc) is 2.56. The van der Waals surface area contributed by atoms with Gasteiger partial charge < -0.3 is 0 Å². The zero-order valence-electron chi connectivity index (χ0n) is 17.6. The maximum atomic E-state index is 13.5. The van der Waals surface area contributed by atoms with E-state index in [1.54, 1.807) is 0 Å². The minimum absolute atomic E-state index is 0.0653. The van der Waals surface area contributed by atoms with E-state index in [0.29, 0.717) is 4.90 Å². The van der Waals surface area contributed by atoms with Gasteiger partial charge in [-0.2, -0.15) is 0 Å². The largest absolute Gasteiger partial charge is 0.241 e. The molecule has 27 heavy (non-hydrogen) atoms. The number of benzene rings is 1. The molecule has 4 saturated carbocycles. The summed E-state index contributed by atoms with van der Waals surface area (Å²) in [5.41, 5.74) is 4.09. The van der Waals surface area contributed by atoms with Gasteiger partial charge >= 0.3 is 0 Å². The molecule has 0 spiro atoms. The van der Waals surface area contributed by atoms with E-state index in [2.05, 4.69) is 17.7 Å². The lowest BCUT2D eigenvalue weighted by Gasteiger charge is -2.59. The van der Waals surface area contributed by atoms with E-state index in [9.17, 15) is 8.42 Å². The summed E-state index contributed by atoms with van der Waals surface area (Å²) in [4.78, 5) is 0.517. The SMILES string of the molecule is CCC(NS(=O)(=O)c1c(C)c(C)cc(C)c1C)C12CC3CC(CC(C3)C1)C2. The van der Waals surface area contributed by atoms with Crippen molar-refractivity contribution in [2.45, 2.75) is 90.5 Å². The first kappa shape index (κ1) is 19.4. The maximum absolute atomic E-state index is 13.5. The van der Waals surface area contributed by atoms with Crippen LogP contribution in [0.25, 0.3) is 0 Å². The standard InChI is InChI=1S/C23H35NO2S/c1-6-21(23-11-18-8-19(12-23)10-20(9-18)13-23)24-27(25,26)22-16(4)14(2)7-15(3)17(22)5/h7,18-21,24H,6,8-13H2,1-5H3. The monoisotopic (exact) mass is 389 g/mol. The molecule has 4 heteroatoms. The van der Waals surface area contributed by atoms with E-state index in [0.717, 1.165) is 46.4 Å². The Balaban J connectivity index is 1.68. The Labute approximate surface area is 165 Å². The van der Waals surface area contributed by atoms with Crippen LogP contribution in [0.5, 0.6) is 0 Å². The summed E-state index contributed by atoms with van der Waals surface area (Å²) in [5, 5.41) is 0. The highest BCUT2D eigenvalue weighted by Gasteiger charge is 2.54. The van der Waals surface area contributed by atoms with Crippen LogP contribution in [0.15, 0.2) is 11.0 Å². The van der Waals surface area contributed by atoms with Crippen LogP contribution in [0.1, 0.15) is 74.1 Å². The maximum Gasteiger partial charge on any atom is 0.241 e. The second-order valence-electron chi connectivity index (χ2n) is 9.95. The van der Waals surface area contributed by atoms with Gasteiger partial charge in [0, 0.05) is 6.04 Å². The molecule has 1 atom stereocenters. The molecule has 0 saturated heterocycles. The molecule has 0 radical (unpaired) electrons. The summed E-state index contributed by atoms with van der Waals surface area (Å²) in [6.45, 7) is 10.1. The Bertz CT molecular complexity index is 794. The molecule has 1 aromatic carbocycles. The lowest BCUT2D eigenvalue weighted by Crippen LogP contribution is -2.56. The minimum atomic E-state index is -3.52. The summed E-state index contributed by atoms with van der Waals surface area (Å²) in [5.74, 6) is 2.50. The molecule has 4 bridgehead atoms. The molecule has 0 heterocycles. The van der Waals surface area contributed by atoms with Crippen LogP contribution >= 0.6 is 0 Å². The normalized spacial score (nSPS) is 33.4. The van der Waals surface area contributed by atoms with Crippen LogP contribution in [0, 0.1) is 50.9 Å². The van der Waals surface area contributed by atoms with Gasteiger partial charge in [-0.25, -0.2) is 13.1 Å². The molecule has 4 aliphatic rings. The van der Waals surface area contributed by atoms with Crippen LogP contribution in [0.2, 0.25) is 0 Å². The van der Waals surface area contributed by atoms with Gasteiger partial charge in [0.25, 0.3) is 0 Å². The van der Waals surface area contributed by atoms with Crippen molar-refractivity contribution in [2.24, 2.45) is 23.2 Å². The summed E-state index contributed by atoms with van der Waals surface area (Å²) in [6.07, 6.45) is 8.72. The van der Waals surface area contributed by atoms with Crippen molar-refractivity contribution in [1.29, 1.82) is 0 Å². The molecule has 150 valence electrons. The average molecular weight is 390 g/mol. The molecule has 0 aliphatic heterocycles. The first-order valence-electron chi connectivity index (χ1n) is 10.7. The van der Waals surface area contributed by atoms with Gasteiger partial charge in [-0.1, -0.05) is 13.0 Å². The van der Waals surface area contributed by atoms with Gasteiger partial charge in [-0.3, -0.25) is 0 Å². The first-order chi connectivity index (χ1) is 12.6. The van der Waals surface area contributed by atoms with Gasteiger partial charge in [-0.05, 0) is 118 Å². The van der Waals surface area contributed by atoms with E-state index in [-0.39, 0.29) is 11.5 Å². The van der Waals surface area contributed by atoms with Gasteiger partial charge in [0.05, 0.1) is 4.90 Å². The summed E-state index contributed by atoms with van der Waals surface area (Å²) < 4.78 is 30.3. The van der Waals surface area contributed by atoms with Gasteiger partial charge in [0.2, 0.25) is 10.0 Å². The predicted octanol–water partition coefficient (Wildman–Crippen LogP) is 5.19. The molecular formula is C23H35NO2S. The van der Waals surface area contributed by atoms with Crippen molar-refractivity contribution in [3.8, 4) is 0 Å². The van der Waals surface area contributed by atoms with Crippen molar-refractivity contribution >= 4 is 10.0 Å². The lowest BCUT2D eigenvalue weighted by atomic mass is 9.47. The fraction of sp³-hybridized carbons (Fsp3) is 0.739. The quantitative estimate of drug-likeness (QED) is 0.753. The molecule has 0 amide bonds. The zero-order valence-corrected chi connectivity index (χ0v) is 18.4. The Morgan fingerprint density at radius 1 is 0.963 bits per heavy atom. The highest BCUT2D eigenvalue weighted by molar-refractivity contribution is 7.89. The lowest BCUT2D eigenvalue weighted by molar-refractivity contribution is -0.0704. The van der Waals surface area contributed by atoms with Crippen LogP contribution in [0.4, 0.5) is 0 Å². The highest BCUT2D eigenvalue weighted by atomic mass is 32.2. The smallest absolute Gasteiger partial charge is 0.208 e. The van der Waals surface area contributed by atoms with Gasteiger partial charge in [0.15, 0.2) is 0 Å². The molecule has 5 rings (SSSR count). The van der Waals surface area contributed by atoms with Crippen LogP contribution < -0.4 is 4.72 Å². The molecule has 1 N–H and O–H groups in total. The fourth-order valence-electron chi connectivity index (χ4n) is 7.08. The third kappa shape index (κ3) is 3.17. The molecule has 4 fully saturated rings. The van der Waals surface area contributed by atoms with Gasteiger partial charge in [0.1, 0.15) is 0 Å². The van der Waals surface area contributed by atoms with Crippen LogP contribution in [-0.4, -0.2) is 14.5 Å². The topological polar surface area (TPSA) is 46.2 Å². The van der Waals surface area contributed by atoms with E-state index < -0.39 is 10.0 Å². The summed E-state index contributed by atoms with van der Waals surface area (Å²) in [7, 11) is -3.52. The first-order valence-corrected chi connectivity index (χ1v) is 12.2. The number of nitrogens with one attached hydrogen (secondary N) is 1. The summed E-state index contributed by atoms with van der Waals surface area (Å²) >= 11 is 0. The van der Waals surface area contributed by atoms with Crippen molar-refractivity contribution < 1.29 is 8.42 Å². The number of sulfonamides is 1. The molecule has 3 nitrogen and oxygen atoms in total. The number of aryl methyl sites for hydroxylation is 2. The molecule has 1 aromatic rings. The van der Waals surface area contributed by atoms with E-state index >= 15 is 0 Å². The highest BCUT2D eigenvalue weighted by Crippen LogP contribution is 2.61. The van der Waals surface area contributed by atoms with Crippen molar-refractivity contribution in [3.63, 3.8) is 0 Å². The van der Waals surface area contributed by atoms with Crippen molar-refractivity contribution in [1.82, 2.24) is 4.72 Å². The number of hydrogen-bond acceptors (Lipinski definition) is 2. The van der Waals surface area contributed by atoms with Gasteiger partial charge in [-0.15, -0.1) is 0 Å². The second-order valence-corrected chi connectivity index (χ2v) is 11.6. The summed E-state index contributed by atoms with van der Waals surface area (Å²) in [6, 6.07) is 2.16. The minimum Gasteiger partial charge on any atom is -0.208 e. The molecule has 4 aliphatic carbocycles. The Morgan fingerprint density at radius 2 is 1.41 bits per heavy atom. The Hall–Kier alpha value is -0.870. The van der Waals surface area contributed by atoms with Crippen LogP contribution in [0.3, 0.4) is 0 Å².